The normalized spacial score (nSPS) is 14.4. The molecule has 0 saturated carbocycles. The lowest BCUT2D eigenvalue weighted by atomic mass is 10.1. The first-order valence-corrected chi connectivity index (χ1v) is 11.6. The number of nitrogens with one attached hydrogen (secondary N) is 2. The maximum Gasteiger partial charge on any atom is 0.323 e. The summed E-state index contributed by atoms with van der Waals surface area (Å²) in [5.74, 6) is 1.03. The van der Waals surface area contributed by atoms with Crippen LogP contribution in [0.25, 0.3) is 0 Å². The summed E-state index contributed by atoms with van der Waals surface area (Å²) in [6.07, 6.45) is 0. The molecule has 2 amide bonds. The molecule has 4 rings (SSSR count). The van der Waals surface area contributed by atoms with E-state index in [-0.39, 0.29) is 0 Å². The van der Waals surface area contributed by atoms with Gasteiger partial charge in [-0.1, -0.05) is 24.3 Å². The van der Waals surface area contributed by atoms with E-state index in [1.165, 1.54) is 17.7 Å². The van der Waals surface area contributed by atoms with E-state index in [2.05, 4.69) is 32.6 Å². The maximum absolute atomic E-state index is 13.4. The van der Waals surface area contributed by atoms with Crippen LogP contribution in [0.3, 0.4) is 0 Å². The van der Waals surface area contributed by atoms with Crippen molar-refractivity contribution in [3.8, 4) is 11.5 Å². The Morgan fingerprint density at radius 1 is 0.829 bits per heavy atom. The van der Waals surface area contributed by atoms with Gasteiger partial charge in [-0.3, -0.25) is 9.80 Å². The lowest BCUT2D eigenvalue weighted by molar-refractivity contribution is 0.122. The summed E-state index contributed by atoms with van der Waals surface area (Å²) in [6.45, 7) is 5.61. The van der Waals surface area contributed by atoms with Crippen molar-refractivity contribution in [2.24, 2.45) is 0 Å². The molecule has 0 aromatic heterocycles. The highest BCUT2D eigenvalue weighted by molar-refractivity contribution is 6.00. The largest absolute Gasteiger partial charge is 0.497 e. The standard InChI is InChI=1S/C27H31FN4O3/c1-34-24-9-6-20(7-10-24)18-31-12-14-32(15-13-31)19-21-8-11-26(35-2)25(16-21)30-27(33)29-23-5-3-4-22(28)17-23/h3-11,16-17H,12-15,18-19H2,1-2H3,(H2,29,30,33). The van der Waals surface area contributed by atoms with Gasteiger partial charge in [0.05, 0.1) is 19.9 Å². The Bertz CT molecular complexity index is 1130. The van der Waals surface area contributed by atoms with E-state index in [0.29, 0.717) is 17.1 Å². The fourth-order valence-corrected chi connectivity index (χ4v) is 4.15. The molecule has 0 atom stereocenters. The summed E-state index contributed by atoms with van der Waals surface area (Å²) in [7, 11) is 3.24. The fourth-order valence-electron chi connectivity index (χ4n) is 4.15. The van der Waals surface area contributed by atoms with E-state index in [9.17, 15) is 9.18 Å². The van der Waals surface area contributed by atoms with E-state index >= 15 is 0 Å². The van der Waals surface area contributed by atoms with Gasteiger partial charge in [0.25, 0.3) is 0 Å². The van der Waals surface area contributed by atoms with E-state index in [4.69, 9.17) is 9.47 Å². The highest BCUT2D eigenvalue weighted by atomic mass is 19.1. The van der Waals surface area contributed by atoms with Crippen LogP contribution >= 0.6 is 0 Å². The first-order valence-electron chi connectivity index (χ1n) is 11.6. The molecule has 0 bridgehead atoms. The minimum atomic E-state index is -0.460. The van der Waals surface area contributed by atoms with Crippen molar-refractivity contribution in [2.45, 2.75) is 13.1 Å². The van der Waals surface area contributed by atoms with Crippen LogP contribution in [0.2, 0.25) is 0 Å². The molecule has 0 unspecified atom stereocenters. The quantitative estimate of drug-likeness (QED) is 0.487. The molecule has 35 heavy (non-hydrogen) atoms. The molecule has 0 aliphatic carbocycles. The van der Waals surface area contributed by atoms with Crippen molar-refractivity contribution in [2.75, 3.05) is 51.0 Å². The lowest BCUT2D eigenvalue weighted by Gasteiger charge is -2.34. The van der Waals surface area contributed by atoms with Crippen molar-refractivity contribution in [1.82, 2.24) is 9.80 Å². The van der Waals surface area contributed by atoms with E-state index in [1.807, 2.05) is 30.3 Å². The highest BCUT2D eigenvalue weighted by Gasteiger charge is 2.18. The van der Waals surface area contributed by atoms with Gasteiger partial charge in [-0.05, 0) is 53.6 Å². The molecule has 3 aromatic rings. The number of hydrogen-bond acceptors (Lipinski definition) is 5. The van der Waals surface area contributed by atoms with Crippen molar-refractivity contribution >= 4 is 17.4 Å². The Morgan fingerprint density at radius 2 is 1.49 bits per heavy atom. The van der Waals surface area contributed by atoms with Crippen LogP contribution in [0.5, 0.6) is 11.5 Å². The van der Waals surface area contributed by atoms with Crippen LogP contribution in [0.15, 0.2) is 66.7 Å². The number of methoxy groups -OCH3 is 2. The van der Waals surface area contributed by atoms with Crippen LogP contribution in [0, 0.1) is 5.82 Å². The third kappa shape index (κ3) is 6.94. The van der Waals surface area contributed by atoms with E-state index in [0.717, 1.165) is 50.6 Å². The van der Waals surface area contributed by atoms with Gasteiger partial charge in [0.1, 0.15) is 17.3 Å². The second kappa shape index (κ2) is 11.7. The number of carbonyl (C=O) groups is 1. The molecule has 1 aliphatic rings. The van der Waals surface area contributed by atoms with Crippen molar-refractivity contribution in [1.29, 1.82) is 0 Å². The Balaban J connectivity index is 1.31. The second-order valence-electron chi connectivity index (χ2n) is 8.52. The van der Waals surface area contributed by atoms with Crippen molar-refractivity contribution < 1.29 is 18.7 Å². The van der Waals surface area contributed by atoms with Crippen LogP contribution in [0.1, 0.15) is 11.1 Å². The number of ether oxygens (including phenoxy) is 2. The maximum atomic E-state index is 13.4. The molecule has 1 fully saturated rings. The van der Waals surface area contributed by atoms with Gasteiger partial charge < -0.3 is 20.1 Å². The Hall–Kier alpha value is -3.62. The second-order valence-corrected chi connectivity index (χ2v) is 8.52. The number of benzene rings is 3. The number of urea groups is 1. The lowest BCUT2D eigenvalue weighted by Crippen LogP contribution is -2.45. The number of anilines is 2. The smallest absolute Gasteiger partial charge is 0.323 e. The Labute approximate surface area is 205 Å². The summed E-state index contributed by atoms with van der Waals surface area (Å²) < 4.78 is 24.0. The van der Waals surface area contributed by atoms with E-state index < -0.39 is 11.8 Å². The van der Waals surface area contributed by atoms with Crippen LogP contribution in [-0.4, -0.2) is 56.2 Å². The number of halogens is 1. The molecular formula is C27H31FN4O3. The predicted octanol–water partition coefficient (Wildman–Crippen LogP) is 4.80. The summed E-state index contributed by atoms with van der Waals surface area (Å²) >= 11 is 0. The zero-order valence-electron chi connectivity index (χ0n) is 20.1. The molecule has 0 spiro atoms. The zero-order valence-corrected chi connectivity index (χ0v) is 20.1. The number of piperazine rings is 1. The van der Waals surface area contributed by atoms with Crippen LogP contribution < -0.4 is 20.1 Å². The van der Waals surface area contributed by atoms with Crippen LogP contribution in [-0.2, 0) is 13.1 Å². The van der Waals surface area contributed by atoms with Crippen LogP contribution in [0.4, 0.5) is 20.6 Å². The minimum absolute atomic E-state index is 0.380. The van der Waals surface area contributed by atoms with Gasteiger partial charge in [-0.25, -0.2) is 9.18 Å². The van der Waals surface area contributed by atoms with Gasteiger partial charge in [0, 0.05) is 45.0 Å². The highest BCUT2D eigenvalue weighted by Crippen LogP contribution is 2.27. The number of carbonyl (C=O) groups excluding carboxylic acids is 1. The zero-order chi connectivity index (χ0) is 24.6. The first kappa shape index (κ1) is 24.5. The summed E-state index contributed by atoms with van der Waals surface area (Å²) in [4.78, 5) is 17.3. The minimum Gasteiger partial charge on any atom is -0.497 e. The fraction of sp³-hybridized carbons (Fsp3) is 0.296. The van der Waals surface area contributed by atoms with Gasteiger partial charge in [-0.15, -0.1) is 0 Å². The topological polar surface area (TPSA) is 66.1 Å². The average molecular weight is 479 g/mol. The van der Waals surface area contributed by atoms with Gasteiger partial charge in [0.2, 0.25) is 0 Å². The number of rotatable bonds is 8. The monoisotopic (exact) mass is 478 g/mol. The average Bonchev–Trinajstić information content (AvgIpc) is 2.86. The molecule has 0 radical (unpaired) electrons. The first-order chi connectivity index (χ1) is 17.0. The molecule has 8 heteroatoms. The molecule has 1 saturated heterocycles. The SMILES string of the molecule is COc1ccc(CN2CCN(Cc3ccc(OC)c(NC(=O)Nc4cccc(F)c4)c3)CC2)cc1. The molecule has 1 heterocycles. The van der Waals surface area contributed by atoms with Gasteiger partial charge in [-0.2, -0.15) is 0 Å². The molecule has 2 N–H and O–H groups in total. The summed E-state index contributed by atoms with van der Waals surface area (Å²) in [5.41, 5.74) is 3.30. The van der Waals surface area contributed by atoms with Gasteiger partial charge in [0.15, 0.2) is 0 Å². The Kier molecular flexibility index (Phi) is 8.18. The molecule has 3 aromatic carbocycles. The predicted molar refractivity (Wildman–Crippen MR) is 136 cm³/mol. The van der Waals surface area contributed by atoms with Crippen molar-refractivity contribution in [3.05, 3.63) is 83.7 Å². The van der Waals surface area contributed by atoms with Crippen molar-refractivity contribution in [3.63, 3.8) is 0 Å². The third-order valence-corrected chi connectivity index (χ3v) is 6.03. The van der Waals surface area contributed by atoms with E-state index in [1.54, 1.807) is 26.4 Å². The van der Waals surface area contributed by atoms with Gasteiger partial charge >= 0.3 is 6.03 Å². The number of amides is 2. The molecule has 184 valence electrons. The molecule has 7 nitrogen and oxygen atoms in total. The third-order valence-electron chi connectivity index (χ3n) is 6.03. The Morgan fingerprint density at radius 3 is 2.11 bits per heavy atom. The number of hydrogen-bond donors (Lipinski definition) is 2. The number of nitrogens with zero attached hydrogens (tertiary/aromatic N) is 2. The molecular weight excluding hydrogens is 447 g/mol. The summed E-state index contributed by atoms with van der Waals surface area (Å²) in [5, 5.41) is 5.46. The molecule has 1 aliphatic heterocycles. The summed E-state index contributed by atoms with van der Waals surface area (Å²) in [6, 6.07) is 19.3.